The molecule has 2 heterocycles. The van der Waals surface area contributed by atoms with Crippen molar-refractivity contribution in [3.05, 3.63) is 39.4 Å². The molecule has 3 rings (SSSR count). The lowest BCUT2D eigenvalue weighted by Crippen LogP contribution is -2.33. The Morgan fingerprint density at radius 1 is 1.42 bits per heavy atom. The van der Waals surface area contributed by atoms with Crippen LogP contribution in [0.15, 0.2) is 29.1 Å². The molecule has 0 spiro atoms. The monoisotopic (exact) mass is 276 g/mol. The molecule has 2 atom stereocenters. The molecule has 19 heavy (non-hydrogen) atoms. The first-order chi connectivity index (χ1) is 9.16. The minimum Gasteiger partial charge on any atom is -0.378 e. The Balaban J connectivity index is 2.18. The Morgan fingerprint density at radius 3 is 3.00 bits per heavy atom. The summed E-state index contributed by atoms with van der Waals surface area (Å²) in [6, 6.07) is 7.61. The number of H-pyrrole nitrogens is 1. The first-order valence-corrected chi connectivity index (χ1v) is 6.93. The normalized spacial score (nSPS) is 23.6. The average Bonchev–Trinajstić information content (AvgIpc) is 2.39. The highest BCUT2D eigenvalue weighted by atomic mass is 32.1. The molecule has 1 aliphatic rings. The van der Waals surface area contributed by atoms with Crippen molar-refractivity contribution in [2.24, 2.45) is 0 Å². The maximum Gasteiger partial charge on any atom is 0.262 e. The zero-order valence-corrected chi connectivity index (χ0v) is 11.6. The number of aromatic amines is 1. The van der Waals surface area contributed by atoms with Gasteiger partial charge in [-0.3, -0.25) is 9.36 Å². The molecule has 100 valence electrons. The topological polar surface area (TPSA) is 47.0 Å². The number of hydrogen-bond donors (Lipinski definition) is 1. The van der Waals surface area contributed by atoms with Crippen LogP contribution in [0.5, 0.6) is 0 Å². The Labute approximate surface area is 116 Å². The summed E-state index contributed by atoms with van der Waals surface area (Å²) in [6.07, 6.45) is 1.84. The zero-order valence-electron chi connectivity index (χ0n) is 10.8. The van der Waals surface area contributed by atoms with Crippen molar-refractivity contribution < 1.29 is 4.74 Å². The molecule has 1 N–H and O–H groups in total. The molecule has 0 amide bonds. The van der Waals surface area contributed by atoms with Crippen LogP contribution in [0.1, 0.15) is 25.8 Å². The molecule has 5 heteroatoms. The molecule has 0 bridgehead atoms. The molecule has 0 saturated carbocycles. The van der Waals surface area contributed by atoms with E-state index in [1.165, 1.54) is 0 Å². The summed E-state index contributed by atoms with van der Waals surface area (Å²) in [5, 5.41) is 0.690. The second-order valence-corrected chi connectivity index (χ2v) is 5.40. The summed E-state index contributed by atoms with van der Waals surface area (Å²) in [6.45, 7) is 2.71. The minimum absolute atomic E-state index is 0.00144. The van der Waals surface area contributed by atoms with E-state index < -0.39 is 0 Å². The van der Waals surface area contributed by atoms with Gasteiger partial charge in [0.25, 0.3) is 5.56 Å². The first-order valence-electron chi connectivity index (χ1n) is 6.52. The van der Waals surface area contributed by atoms with Crippen molar-refractivity contribution in [1.29, 1.82) is 0 Å². The van der Waals surface area contributed by atoms with Crippen molar-refractivity contribution >= 4 is 23.1 Å². The van der Waals surface area contributed by atoms with E-state index in [0.717, 1.165) is 18.4 Å². The summed E-state index contributed by atoms with van der Waals surface area (Å²) in [7, 11) is 0. The molecule has 1 aliphatic heterocycles. The van der Waals surface area contributed by atoms with Gasteiger partial charge < -0.3 is 9.72 Å². The van der Waals surface area contributed by atoms with Gasteiger partial charge in [-0.1, -0.05) is 12.1 Å². The van der Waals surface area contributed by atoms with Crippen molar-refractivity contribution in [1.82, 2.24) is 9.55 Å². The predicted molar refractivity (Wildman–Crippen MR) is 77.1 cm³/mol. The van der Waals surface area contributed by atoms with Crippen LogP contribution in [0.2, 0.25) is 0 Å². The van der Waals surface area contributed by atoms with Crippen LogP contribution in [0.25, 0.3) is 10.9 Å². The van der Waals surface area contributed by atoms with E-state index in [2.05, 4.69) is 4.98 Å². The van der Waals surface area contributed by atoms with E-state index in [0.29, 0.717) is 16.8 Å². The van der Waals surface area contributed by atoms with Crippen LogP contribution in [-0.2, 0) is 4.74 Å². The fraction of sp³-hybridized carbons (Fsp3) is 0.429. The molecule has 4 nitrogen and oxygen atoms in total. The van der Waals surface area contributed by atoms with E-state index in [1.54, 1.807) is 4.57 Å². The Bertz CT molecular complexity index is 719. The van der Waals surface area contributed by atoms with Gasteiger partial charge >= 0.3 is 0 Å². The maximum absolute atomic E-state index is 12.6. The van der Waals surface area contributed by atoms with Gasteiger partial charge in [-0.05, 0) is 44.1 Å². The third kappa shape index (κ3) is 2.24. The summed E-state index contributed by atoms with van der Waals surface area (Å²) < 4.78 is 7.76. The molecular formula is C14H16N2O2S. The number of para-hydroxylation sites is 1. The fourth-order valence-electron chi connectivity index (χ4n) is 2.72. The second kappa shape index (κ2) is 4.90. The largest absolute Gasteiger partial charge is 0.378 e. The summed E-state index contributed by atoms with van der Waals surface area (Å²) in [5.74, 6) is 0. The first kappa shape index (κ1) is 12.6. The van der Waals surface area contributed by atoms with Gasteiger partial charge in [0.1, 0.15) is 0 Å². The van der Waals surface area contributed by atoms with Crippen molar-refractivity contribution in [3.8, 4) is 0 Å². The standard InChI is InChI=1S/C14H16N2O2S/c1-9-8-10(6-7-18-9)16-13(17)11-4-2-3-5-12(11)15-14(16)19/h2-5,9-10H,6-8H2,1H3,(H,15,19). The van der Waals surface area contributed by atoms with Gasteiger partial charge in [-0.15, -0.1) is 0 Å². The molecule has 1 saturated heterocycles. The maximum atomic E-state index is 12.6. The Hall–Kier alpha value is -1.46. The van der Waals surface area contributed by atoms with Crippen LogP contribution in [0.3, 0.4) is 0 Å². The molecule has 2 unspecified atom stereocenters. The number of nitrogens with one attached hydrogen (secondary N) is 1. The van der Waals surface area contributed by atoms with Crippen LogP contribution in [0.4, 0.5) is 0 Å². The lowest BCUT2D eigenvalue weighted by atomic mass is 10.0. The third-order valence-corrected chi connectivity index (χ3v) is 3.96. The summed E-state index contributed by atoms with van der Waals surface area (Å²) >= 11 is 5.35. The lowest BCUT2D eigenvalue weighted by molar-refractivity contribution is 0.00491. The van der Waals surface area contributed by atoms with Gasteiger partial charge in [0.15, 0.2) is 4.77 Å². The number of benzene rings is 1. The van der Waals surface area contributed by atoms with Crippen molar-refractivity contribution in [2.45, 2.75) is 31.9 Å². The van der Waals surface area contributed by atoms with Crippen molar-refractivity contribution in [2.75, 3.05) is 6.61 Å². The molecule has 2 aromatic rings. The van der Waals surface area contributed by atoms with Gasteiger partial charge in [0.05, 0.1) is 17.0 Å². The Kier molecular flexibility index (Phi) is 3.24. The lowest BCUT2D eigenvalue weighted by Gasteiger charge is -2.28. The van der Waals surface area contributed by atoms with Crippen molar-refractivity contribution in [3.63, 3.8) is 0 Å². The predicted octanol–water partition coefficient (Wildman–Crippen LogP) is 2.80. The summed E-state index contributed by atoms with van der Waals surface area (Å²) in [4.78, 5) is 15.7. The number of nitrogens with zero attached hydrogens (tertiary/aromatic N) is 1. The van der Waals surface area contributed by atoms with Crippen LogP contribution in [-0.4, -0.2) is 22.3 Å². The molecule has 1 aromatic carbocycles. The summed E-state index contributed by atoms with van der Waals surface area (Å²) in [5.41, 5.74) is 0.798. The third-order valence-electron chi connectivity index (χ3n) is 3.66. The molecule has 0 aliphatic carbocycles. The van der Waals surface area contributed by atoms with Crippen LogP contribution in [0, 0.1) is 4.77 Å². The Morgan fingerprint density at radius 2 is 2.21 bits per heavy atom. The van der Waals surface area contributed by atoms with Gasteiger partial charge in [0.2, 0.25) is 0 Å². The highest BCUT2D eigenvalue weighted by Crippen LogP contribution is 2.24. The van der Waals surface area contributed by atoms with E-state index >= 15 is 0 Å². The number of fused-ring (bicyclic) bond motifs is 1. The van der Waals surface area contributed by atoms with Gasteiger partial charge in [-0.2, -0.15) is 0 Å². The molecule has 0 radical (unpaired) electrons. The zero-order chi connectivity index (χ0) is 13.4. The number of aromatic nitrogens is 2. The molecule has 1 aromatic heterocycles. The van der Waals surface area contributed by atoms with E-state index in [1.807, 2.05) is 31.2 Å². The van der Waals surface area contributed by atoms with Crippen LogP contribution >= 0.6 is 12.2 Å². The fourth-order valence-corrected chi connectivity index (χ4v) is 3.06. The van der Waals surface area contributed by atoms with E-state index in [-0.39, 0.29) is 17.7 Å². The molecule has 1 fully saturated rings. The highest BCUT2D eigenvalue weighted by Gasteiger charge is 2.23. The van der Waals surface area contributed by atoms with Gasteiger partial charge in [0, 0.05) is 12.6 Å². The molecular weight excluding hydrogens is 260 g/mol. The van der Waals surface area contributed by atoms with E-state index in [9.17, 15) is 4.79 Å². The second-order valence-electron chi connectivity index (χ2n) is 5.01. The van der Waals surface area contributed by atoms with E-state index in [4.69, 9.17) is 17.0 Å². The van der Waals surface area contributed by atoms with Crippen LogP contribution < -0.4 is 5.56 Å². The minimum atomic E-state index is -0.00144. The smallest absolute Gasteiger partial charge is 0.262 e. The number of rotatable bonds is 1. The average molecular weight is 276 g/mol. The highest BCUT2D eigenvalue weighted by molar-refractivity contribution is 7.71. The number of hydrogen-bond acceptors (Lipinski definition) is 3. The number of ether oxygens (including phenoxy) is 1. The quantitative estimate of drug-likeness (QED) is 0.815. The SMILES string of the molecule is CC1CC(n2c(=S)[nH]c3ccccc3c2=O)CCO1. The van der Waals surface area contributed by atoms with Gasteiger partial charge in [-0.25, -0.2) is 0 Å².